The second-order valence-corrected chi connectivity index (χ2v) is 8.55. The Morgan fingerprint density at radius 1 is 1.09 bits per heavy atom. The number of pyridine rings is 1. The van der Waals surface area contributed by atoms with Gasteiger partial charge >= 0.3 is 0 Å². The molecular weight excluding hydrogens is 414 g/mol. The van der Waals surface area contributed by atoms with E-state index in [0.29, 0.717) is 18.3 Å². The van der Waals surface area contributed by atoms with Gasteiger partial charge in [0.15, 0.2) is 5.82 Å². The maximum Gasteiger partial charge on any atom is 0.217 e. The maximum atomic E-state index is 6.08. The van der Waals surface area contributed by atoms with E-state index in [-0.39, 0.29) is 0 Å². The molecule has 0 spiro atoms. The molecule has 3 rings (SSSR count). The predicted octanol–water partition coefficient (Wildman–Crippen LogP) is 4.48. The molecule has 2 heterocycles. The van der Waals surface area contributed by atoms with E-state index in [2.05, 4.69) is 77.3 Å². The van der Waals surface area contributed by atoms with Crippen LogP contribution in [-0.2, 0) is 4.74 Å². The Kier molecular flexibility index (Phi) is 9.97. The van der Waals surface area contributed by atoms with E-state index in [1.807, 2.05) is 12.3 Å². The number of hydrogen-bond donors (Lipinski definition) is 1. The third-order valence-electron chi connectivity index (χ3n) is 5.82. The van der Waals surface area contributed by atoms with Crippen LogP contribution in [0.1, 0.15) is 43.4 Å². The molecule has 1 N–H and O–H groups in total. The van der Waals surface area contributed by atoms with Crippen LogP contribution in [0.15, 0.2) is 35.4 Å². The Labute approximate surface area is 198 Å². The van der Waals surface area contributed by atoms with Crippen molar-refractivity contribution in [3.8, 4) is 5.88 Å². The first-order chi connectivity index (χ1) is 16.1. The number of hydrogen-bond acceptors (Lipinski definition) is 7. The van der Waals surface area contributed by atoms with Crippen molar-refractivity contribution in [2.24, 2.45) is 5.10 Å². The highest BCUT2D eigenvalue weighted by atomic mass is 16.5. The van der Waals surface area contributed by atoms with Crippen LogP contribution in [-0.4, -0.2) is 68.6 Å². The van der Waals surface area contributed by atoms with E-state index in [0.717, 1.165) is 70.0 Å². The van der Waals surface area contributed by atoms with Gasteiger partial charge in [-0.25, -0.2) is 0 Å². The van der Waals surface area contributed by atoms with Crippen molar-refractivity contribution in [2.45, 2.75) is 40.5 Å². The molecule has 33 heavy (non-hydrogen) atoms. The molecule has 1 fully saturated rings. The standard InChI is InChI=1S/C26H39N5O2/c1-5-9-31(10-6-2)24-18-25(29-27-20-23-8-7-21(3)22(4)17-23)28-26(19-24)33-16-13-30-11-14-32-15-12-30/h7-8,17-20H,5-6,9-16H2,1-4H3,(H,28,29)/b27-20+. The summed E-state index contributed by atoms with van der Waals surface area (Å²) in [4.78, 5) is 9.41. The lowest BCUT2D eigenvalue weighted by atomic mass is 10.1. The van der Waals surface area contributed by atoms with Crippen molar-refractivity contribution in [1.29, 1.82) is 0 Å². The molecule has 0 aliphatic carbocycles. The molecule has 1 aromatic carbocycles. The zero-order valence-corrected chi connectivity index (χ0v) is 20.6. The van der Waals surface area contributed by atoms with Gasteiger partial charge < -0.3 is 14.4 Å². The van der Waals surface area contributed by atoms with Crippen molar-refractivity contribution < 1.29 is 9.47 Å². The Bertz CT molecular complexity index is 890. The van der Waals surface area contributed by atoms with Gasteiger partial charge in [0.25, 0.3) is 0 Å². The zero-order chi connectivity index (χ0) is 23.5. The van der Waals surface area contributed by atoms with Crippen LogP contribution in [0.2, 0.25) is 0 Å². The Hall–Kier alpha value is -2.64. The highest BCUT2D eigenvalue weighted by molar-refractivity contribution is 5.80. The normalized spacial score (nSPS) is 14.5. The van der Waals surface area contributed by atoms with Crippen LogP contribution in [0.4, 0.5) is 11.5 Å². The minimum atomic E-state index is 0.601. The fourth-order valence-electron chi connectivity index (χ4n) is 3.84. The molecule has 0 atom stereocenters. The monoisotopic (exact) mass is 453 g/mol. The number of hydrazone groups is 1. The maximum absolute atomic E-state index is 6.08. The number of nitrogens with one attached hydrogen (secondary N) is 1. The highest BCUT2D eigenvalue weighted by Gasteiger charge is 2.12. The van der Waals surface area contributed by atoms with Gasteiger partial charge in [0.05, 0.1) is 19.4 Å². The Morgan fingerprint density at radius 3 is 2.55 bits per heavy atom. The van der Waals surface area contributed by atoms with Gasteiger partial charge in [-0.2, -0.15) is 10.1 Å². The minimum absolute atomic E-state index is 0.601. The smallest absolute Gasteiger partial charge is 0.217 e. The second kappa shape index (κ2) is 13.2. The largest absolute Gasteiger partial charge is 0.476 e. The van der Waals surface area contributed by atoms with E-state index in [9.17, 15) is 0 Å². The van der Waals surface area contributed by atoms with Crippen LogP contribution in [0.5, 0.6) is 5.88 Å². The van der Waals surface area contributed by atoms with Crippen LogP contribution in [0.25, 0.3) is 0 Å². The third kappa shape index (κ3) is 8.02. The number of aryl methyl sites for hydroxylation is 2. The third-order valence-corrected chi connectivity index (χ3v) is 5.82. The van der Waals surface area contributed by atoms with Gasteiger partial charge in [-0.05, 0) is 43.4 Å². The van der Waals surface area contributed by atoms with Crippen molar-refractivity contribution in [3.05, 3.63) is 47.0 Å². The number of nitrogens with zero attached hydrogens (tertiary/aromatic N) is 4. The molecule has 7 nitrogen and oxygen atoms in total. The lowest BCUT2D eigenvalue weighted by Crippen LogP contribution is -2.38. The molecule has 0 amide bonds. The minimum Gasteiger partial charge on any atom is -0.476 e. The molecule has 0 unspecified atom stereocenters. The summed E-state index contributed by atoms with van der Waals surface area (Å²) in [6.07, 6.45) is 4.00. The molecule has 0 saturated carbocycles. The van der Waals surface area contributed by atoms with Gasteiger partial charge in [0.1, 0.15) is 6.61 Å². The highest BCUT2D eigenvalue weighted by Crippen LogP contribution is 2.25. The molecule has 1 aromatic heterocycles. The van der Waals surface area contributed by atoms with E-state index in [1.165, 1.54) is 11.1 Å². The number of rotatable bonds is 12. The Morgan fingerprint density at radius 2 is 1.85 bits per heavy atom. The molecule has 7 heteroatoms. The number of morpholine rings is 1. The van der Waals surface area contributed by atoms with E-state index >= 15 is 0 Å². The quantitative estimate of drug-likeness (QED) is 0.378. The van der Waals surface area contributed by atoms with Gasteiger partial charge in [0.2, 0.25) is 5.88 Å². The van der Waals surface area contributed by atoms with Crippen LogP contribution < -0.4 is 15.1 Å². The lowest BCUT2D eigenvalue weighted by Gasteiger charge is -2.26. The summed E-state index contributed by atoms with van der Waals surface area (Å²) in [5.74, 6) is 1.31. The summed E-state index contributed by atoms with van der Waals surface area (Å²) >= 11 is 0. The number of aromatic nitrogens is 1. The summed E-state index contributed by atoms with van der Waals surface area (Å²) in [6.45, 7) is 15.6. The first-order valence-electron chi connectivity index (χ1n) is 12.1. The molecule has 1 aliphatic heterocycles. The number of benzene rings is 1. The summed E-state index contributed by atoms with van der Waals surface area (Å²) in [5, 5.41) is 4.44. The summed E-state index contributed by atoms with van der Waals surface area (Å²) < 4.78 is 11.5. The average molecular weight is 454 g/mol. The predicted molar refractivity (Wildman–Crippen MR) is 137 cm³/mol. The van der Waals surface area contributed by atoms with Crippen molar-refractivity contribution in [3.63, 3.8) is 0 Å². The summed E-state index contributed by atoms with van der Waals surface area (Å²) in [6, 6.07) is 10.4. The molecular formula is C26H39N5O2. The van der Waals surface area contributed by atoms with Gasteiger partial charge in [0, 0.05) is 50.5 Å². The van der Waals surface area contributed by atoms with Crippen molar-refractivity contribution in [2.75, 3.05) is 62.9 Å². The SMILES string of the molecule is CCCN(CCC)c1cc(N/N=C/c2ccc(C)c(C)c2)nc(OCCN2CCOCC2)c1. The first-order valence-corrected chi connectivity index (χ1v) is 12.1. The van der Waals surface area contributed by atoms with Gasteiger partial charge in [-0.1, -0.05) is 32.0 Å². The van der Waals surface area contributed by atoms with E-state index in [4.69, 9.17) is 9.47 Å². The molecule has 2 aromatic rings. The summed E-state index contributed by atoms with van der Waals surface area (Å²) in [7, 11) is 0. The lowest BCUT2D eigenvalue weighted by molar-refractivity contribution is 0.0320. The number of anilines is 2. The molecule has 1 aliphatic rings. The van der Waals surface area contributed by atoms with E-state index in [1.54, 1.807) is 0 Å². The molecule has 0 bridgehead atoms. The number of ether oxygens (including phenoxy) is 2. The van der Waals surface area contributed by atoms with Gasteiger partial charge in [-0.3, -0.25) is 10.3 Å². The van der Waals surface area contributed by atoms with E-state index < -0.39 is 0 Å². The van der Waals surface area contributed by atoms with Crippen LogP contribution >= 0.6 is 0 Å². The molecule has 0 radical (unpaired) electrons. The topological polar surface area (TPSA) is 62.2 Å². The Balaban J connectivity index is 1.72. The molecule has 1 saturated heterocycles. The fraction of sp³-hybridized carbons (Fsp3) is 0.538. The van der Waals surface area contributed by atoms with Crippen molar-refractivity contribution in [1.82, 2.24) is 9.88 Å². The first kappa shape index (κ1) is 25.0. The van der Waals surface area contributed by atoms with Gasteiger partial charge in [-0.15, -0.1) is 0 Å². The molecule has 180 valence electrons. The fourth-order valence-corrected chi connectivity index (χ4v) is 3.84. The van der Waals surface area contributed by atoms with Crippen LogP contribution in [0, 0.1) is 13.8 Å². The zero-order valence-electron chi connectivity index (χ0n) is 20.6. The van der Waals surface area contributed by atoms with Crippen LogP contribution in [0.3, 0.4) is 0 Å². The summed E-state index contributed by atoms with van der Waals surface area (Å²) in [5.41, 5.74) is 7.81. The average Bonchev–Trinajstić information content (AvgIpc) is 2.82. The van der Waals surface area contributed by atoms with Crippen molar-refractivity contribution >= 4 is 17.7 Å². The second-order valence-electron chi connectivity index (χ2n) is 8.55.